The van der Waals surface area contributed by atoms with E-state index in [9.17, 15) is 0 Å². The molecule has 2 aliphatic rings. The van der Waals surface area contributed by atoms with Crippen molar-refractivity contribution in [1.82, 2.24) is 4.90 Å². The molecule has 0 amide bonds. The molecule has 0 N–H and O–H groups in total. The van der Waals surface area contributed by atoms with Crippen LogP contribution in [0.4, 0.5) is 0 Å². The number of benzene rings is 2. The van der Waals surface area contributed by atoms with E-state index in [1.165, 1.54) is 41.5 Å². The largest absolute Gasteiger partial charge is 0.300 e. The number of rotatable bonds is 2. The second kappa shape index (κ2) is 6.90. The van der Waals surface area contributed by atoms with E-state index in [2.05, 4.69) is 74.3 Å². The smallest absolute Gasteiger partial charge is 0.0170 e. The Morgan fingerprint density at radius 1 is 0.792 bits per heavy atom. The molecule has 2 aromatic carbocycles. The Morgan fingerprint density at radius 3 is 1.92 bits per heavy atom. The topological polar surface area (TPSA) is 3.24 Å². The van der Waals surface area contributed by atoms with Crippen molar-refractivity contribution in [3.05, 3.63) is 70.8 Å². The molecule has 0 aliphatic carbocycles. The minimum absolute atomic E-state index is 0. The lowest BCUT2D eigenvalue weighted by atomic mass is 9.72. The van der Waals surface area contributed by atoms with E-state index in [1.807, 2.05) is 0 Å². The fourth-order valence-electron chi connectivity index (χ4n) is 4.87. The zero-order valence-corrected chi connectivity index (χ0v) is 15.7. The van der Waals surface area contributed by atoms with E-state index in [1.54, 1.807) is 0 Å². The molecule has 2 aromatic rings. The highest BCUT2D eigenvalue weighted by Crippen LogP contribution is 2.50. The second-order valence-electron chi connectivity index (χ2n) is 7.65. The van der Waals surface area contributed by atoms with Gasteiger partial charge in [0, 0.05) is 18.0 Å². The molecule has 2 heterocycles. The van der Waals surface area contributed by atoms with Crippen molar-refractivity contribution >= 4 is 12.4 Å². The molecule has 0 aromatic heterocycles. The number of aryl methyl sites for hydroxylation is 2. The van der Waals surface area contributed by atoms with Crippen LogP contribution in [0.5, 0.6) is 0 Å². The average molecular weight is 342 g/mol. The van der Waals surface area contributed by atoms with Crippen molar-refractivity contribution in [2.24, 2.45) is 0 Å². The van der Waals surface area contributed by atoms with Gasteiger partial charge in [0.15, 0.2) is 0 Å². The van der Waals surface area contributed by atoms with E-state index in [4.69, 9.17) is 0 Å². The van der Waals surface area contributed by atoms with Gasteiger partial charge in [-0.2, -0.15) is 0 Å². The average Bonchev–Trinajstić information content (AvgIpc) is 2.80. The van der Waals surface area contributed by atoms with Gasteiger partial charge in [0.1, 0.15) is 0 Å². The first kappa shape index (κ1) is 17.5. The van der Waals surface area contributed by atoms with E-state index in [0.29, 0.717) is 17.9 Å². The lowest BCUT2D eigenvalue weighted by molar-refractivity contribution is 0.137. The van der Waals surface area contributed by atoms with Crippen molar-refractivity contribution in [2.45, 2.75) is 57.0 Å². The van der Waals surface area contributed by atoms with Crippen LogP contribution < -0.4 is 0 Å². The first-order valence-corrected chi connectivity index (χ1v) is 8.98. The number of fused-ring (bicyclic) bond motifs is 2. The molecule has 2 aliphatic heterocycles. The third kappa shape index (κ3) is 3.00. The monoisotopic (exact) mass is 341 g/mol. The molecule has 0 radical (unpaired) electrons. The molecule has 0 spiro atoms. The SMILES string of the molecule is Cc1ccc([C@H]2[C@H]3CC[C@@H](C[C@H]2c2ccc(C)cc2)N3C)cc1.Cl. The van der Waals surface area contributed by atoms with Crippen molar-refractivity contribution in [2.75, 3.05) is 7.05 Å². The van der Waals surface area contributed by atoms with Crippen molar-refractivity contribution in [3.63, 3.8) is 0 Å². The predicted molar refractivity (Wildman–Crippen MR) is 104 cm³/mol. The minimum atomic E-state index is 0. The molecule has 0 unspecified atom stereocenters. The van der Waals surface area contributed by atoms with Crippen LogP contribution in [0.2, 0.25) is 0 Å². The van der Waals surface area contributed by atoms with Gasteiger partial charge in [-0.05, 0) is 57.2 Å². The highest BCUT2D eigenvalue weighted by molar-refractivity contribution is 5.85. The third-order valence-electron chi connectivity index (χ3n) is 6.24. The first-order chi connectivity index (χ1) is 11.1. The van der Waals surface area contributed by atoms with E-state index >= 15 is 0 Å². The van der Waals surface area contributed by atoms with Crippen LogP contribution in [0.15, 0.2) is 48.5 Å². The zero-order valence-electron chi connectivity index (χ0n) is 14.9. The summed E-state index contributed by atoms with van der Waals surface area (Å²) >= 11 is 0. The second-order valence-corrected chi connectivity index (χ2v) is 7.65. The molecular formula is C22H28ClN. The molecule has 128 valence electrons. The quantitative estimate of drug-likeness (QED) is 0.701. The summed E-state index contributed by atoms with van der Waals surface area (Å²) in [6.45, 7) is 4.36. The van der Waals surface area contributed by atoms with Gasteiger partial charge in [0.25, 0.3) is 0 Å². The van der Waals surface area contributed by atoms with E-state index in [-0.39, 0.29) is 12.4 Å². The fraction of sp³-hybridized carbons (Fsp3) is 0.455. The van der Waals surface area contributed by atoms with Gasteiger partial charge < -0.3 is 0 Å². The highest BCUT2D eigenvalue weighted by atomic mass is 35.5. The molecule has 2 heteroatoms. The maximum absolute atomic E-state index is 2.66. The molecule has 4 rings (SSSR count). The minimum Gasteiger partial charge on any atom is -0.300 e. The van der Waals surface area contributed by atoms with Crippen LogP contribution in [-0.4, -0.2) is 24.0 Å². The number of nitrogens with zero attached hydrogens (tertiary/aromatic N) is 1. The summed E-state index contributed by atoms with van der Waals surface area (Å²) in [7, 11) is 2.34. The molecule has 2 saturated heterocycles. The van der Waals surface area contributed by atoms with Crippen molar-refractivity contribution < 1.29 is 0 Å². The molecule has 2 fully saturated rings. The number of piperidine rings is 1. The van der Waals surface area contributed by atoms with Crippen LogP contribution in [0, 0.1) is 13.8 Å². The zero-order chi connectivity index (χ0) is 16.0. The predicted octanol–water partition coefficient (Wildman–Crippen LogP) is 5.46. The van der Waals surface area contributed by atoms with Crippen LogP contribution in [0.1, 0.15) is 53.4 Å². The Labute approximate surface area is 152 Å². The Hall–Kier alpha value is -1.31. The van der Waals surface area contributed by atoms with Gasteiger partial charge in [-0.1, -0.05) is 59.7 Å². The Morgan fingerprint density at radius 2 is 1.33 bits per heavy atom. The van der Waals surface area contributed by atoms with Crippen molar-refractivity contribution in [3.8, 4) is 0 Å². The lowest BCUT2D eigenvalue weighted by Gasteiger charge is -2.43. The van der Waals surface area contributed by atoms with Crippen LogP contribution in [0.25, 0.3) is 0 Å². The summed E-state index contributed by atoms with van der Waals surface area (Å²) in [6, 6.07) is 20.1. The Kier molecular flexibility index (Phi) is 5.03. The van der Waals surface area contributed by atoms with Crippen LogP contribution in [0.3, 0.4) is 0 Å². The van der Waals surface area contributed by atoms with Gasteiger partial charge >= 0.3 is 0 Å². The normalized spacial score (nSPS) is 29.3. The number of hydrogen-bond donors (Lipinski definition) is 0. The summed E-state index contributed by atoms with van der Waals surface area (Å²) in [5.41, 5.74) is 5.77. The Bertz CT molecular complexity index is 676. The van der Waals surface area contributed by atoms with Crippen LogP contribution in [-0.2, 0) is 0 Å². The van der Waals surface area contributed by atoms with E-state index in [0.717, 1.165) is 6.04 Å². The molecule has 1 nitrogen and oxygen atoms in total. The number of likely N-dealkylation sites (N-methyl/N-ethyl adjacent to an activating group) is 1. The maximum Gasteiger partial charge on any atom is 0.0170 e. The van der Waals surface area contributed by atoms with Crippen LogP contribution >= 0.6 is 12.4 Å². The summed E-state index contributed by atoms with van der Waals surface area (Å²) in [5, 5.41) is 0. The third-order valence-corrected chi connectivity index (χ3v) is 6.24. The Balaban J connectivity index is 0.00000169. The number of halogens is 1. The number of hydrogen-bond acceptors (Lipinski definition) is 1. The highest BCUT2D eigenvalue weighted by Gasteiger charge is 2.46. The molecular weight excluding hydrogens is 314 g/mol. The van der Waals surface area contributed by atoms with Crippen molar-refractivity contribution in [1.29, 1.82) is 0 Å². The molecule has 4 atom stereocenters. The van der Waals surface area contributed by atoms with Gasteiger partial charge in [-0.3, -0.25) is 4.90 Å². The summed E-state index contributed by atoms with van der Waals surface area (Å²) in [5.74, 6) is 1.29. The fourth-order valence-corrected chi connectivity index (χ4v) is 4.87. The molecule has 24 heavy (non-hydrogen) atoms. The standard InChI is InChI=1S/C22H27N.ClH/c1-15-4-8-17(9-5-15)20-14-19-12-13-21(23(19)3)22(20)18-10-6-16(2)7-11-18;/h4-11,19-22H,12-14H2,1-3H3;1H/t19-,20-,21+,22+;/m0./s1. The lowest BCUT2D eigenvalue weighted by Crippen LogP contribution is -2.44. The van der Waals surface area contributed by atoms with Gasteiger partial charge in [0.05, 0.1) is 0 Å². The van der Waals surface area contributed by atoms with Gasteiger partial charge in [-0.25, -0.2) is 0 Å². The summed E-state index contributed by atoms with van der Waals surface area (Å²) in [4.78, 5) is 2.66. The first-order valence-electron chi connectivity index (χ1n) is 8.98. The molecule has 2 bridgehead atoms. The maximum atomic E-state index is 2.66. The van der Waals surface area contributed by atoms with Gasteiger partial charge in [-0.15, -0.1) is 12.4 Å². The van der Waals surface area contributed by atoms with E-state index < -0.39 is 0 Å². The molecule has 0 saturated carbocycles. The summed E-state index contributed by atoms with van der Waals surface area (Å²) < 4.78 is 0. The summed E-state index contributed by atoms with van der Waals surface area (Å²) in [6.07, 6.45) is 4.02. The van der Waals surface area contributed by atoms with Gasteiger partial charge in [0.2, 0.25) is 0 Å².